The summed E-state index contributed by atoms with van der Waals surface area (Å²) in [6.45, 7) is 4.09. The molecule has 0 aliphatic heterocycles. The first kappa shape index (κ1) is 20.7. The fraction of sp³-hybridized carbons (Fsp3) is 0.273. The van der Waals surface area contributed by atoms with Crippen molar-refractivity contribution in [2.45, 2.75) is 20.4 Å². The highest BCUT2D eigenvalue weighted by molar-refractivity contribution is 7.13. The van der Waals surface area contributed by atoms with Crippen molar-refractivity contribution in [1.82, 2.24) is 9.47 Å². The lowest BCUT2D eigenvalue weighted by Gasteiger charge is -2.17. The Morgan fingerprint density at radius 2 is 1.69 bits per heavy atom. The Morgan fingerprint density at radius 3 is 2.31 bits per heavy atom. The van der Waals surface area contributed by atoms with Crippen molar-refractivity contribution in [3.05, 3.63) is 70.4 Å². The number of hydrogen-bond acceptors (Lipinski definition) is 5. The van der Waals surface area contributed by atoms with E-state index in [2.05, 4.69) is 0 Å². The number of likely N-dealkylation sites (N-methyl/N-ethyl adjacent to an activating group) is 1. The van der Waals surface area contributed by atoms with Crippen LogP contribution in [-0.2, 0) is 16.1 Å². The molecule has 1 aromatic carbocycles. The van der Waals surface area contributed by atoms with Gasteiger partial charge in [0.25, 0.3) is 5.91 Å². The third-order valence-corrected chi connectivity index (χ3v) is 5.57. The maximum Gasteiger partial charge on any atom is 0.341 e. The van der Waals surface area contributed by atoms with Gasteiger partial charge in [-0.3, -0.25) is 4.79 Å². The Hall–Kier alpha value is -3.06. The number of aryl methyl sites for hydroxylation is 2. The Kier molecular flexibility index (Phi) is 6.39. The molecular weight excluding hydrogens is 388 g/mol. The Bertz CT molecular complexity index is 985. The number of ether oxygens (including phenoxy) is 2. The molecule has 0 saturated heterocycles. The number of amides is 1. The molecule has 0 fully saturated rings. The van der Waals surface area contributed by atoms with Crippen LogP contribution in [-0.4, -0.2) is 42.1 Å². The van der Waals surface area contributed by atoms with Crippen molar-refractivity contribution < 1.29 is 19.1 Å². The van der Waals surface area contributed by atoms with Gasteiger partial charge in [-0.1, -0.05) is 12.1 Å². The number of carbonyl (C=O) groups excluding carboxylic acids is 2. The minimum atomic E-state index is -0.500. The van der Waals surface area contributed by atoms with Crippen LogP contribution >= 0.6 is 11.3 Å². The summed E-state index contributed by atoms with van der Waals surface area (Å²) in [4.78, 5) is 26.5. The molecule has 0 aliphatic rings. The maximum atomic E-state index is 12.6. The minimum absolute atomic E-state index is 0.265. The molecule has 152 valence electrons. The standard InChI is InChI=1S/C22H24N2O4S/c1-15-5-6-16(2)24(15)21-19(11-12-29-21)22(26)28-14-20(25)23(3)13-17-7-9-18(27-4)10-8-17/h5-12H,13-14H2,1-4H3. The molecular formula is C22H24N2O4S. The van der Waals surface area contributed by atoms with Gasteiger partial charge in [0, 0.05) is 25.0 Å². The predicted molar refractivity (Wildman–Crippen MR) is 113 cm³/mol. The molecule has 2 heterocycles. The minimum Gasteiger partial charge on any atom is -0.497 e. The molecule has 29 heavy (non-hydrogen) atoms. The topological polar surface area (TPSA) is 60.8 Å². The largest absolute Gasteiger partial charge is 0.497 e. The second kappa shape index (κ2) is 8.96. The number of esters is 1. The number of benzene rings is 1. The van der Waals surface area contributed by atoms with E-state index in [4.69, 9.17) is 9.47 Å². The second-order valence-electron chi connectivity index (χ2n) is 6.76. The van der Waals surface area contributed by atoms with Crippen LogP contribution in [0.25, 0.3) is 5.00 Å². The Balaban J connectivity index is 1.60. The lowest BCUT2D eigenvalue weighted by atomic mass is 10.2. The predicted octanol–water partition coefficient (Wildman–Crippen LogP) is 3.98. The zero-order chi connectivity index (χ0) is 21.0. The molecule has 1 amide bonds. The van der Waals surface area contributed by atoms with Gasteiger partial charge in [-0.2, -0.15) is 0 Å². The summed E-state index contributed by atoms with van der Waals surface area (Å²) >= 11 is 1.47. The first-order valence-electron chi connectivity index (χ1n) is 9.17. The molecule has 0 spiro atoms. The fourth-order valence-corrected chi connectivity index (χ4v) is 4.03. The van der Waals surface area contributed by atoms with Crippen molar-refractivity contribution in [3.8, 4) is 10.8 Å². The summed E-state index contributed by atoms with van der Waals surface area (Å²) < 4.78 is 12.5. The molecule has 3 aromatic rings. The van der Waals surface area contributed by atoms with Crippen molar-refractivity contribution in [2.75, 3.05) is 20.8 Å². The molecule has 0 atom stereocenters. The molecule has 2 aromatic heterocycles. The molecule has 3 rings (SSSR count). The molecule has 6 nitrogen and oxygen atoms in total. The van der Waals surface area contributed by atoms with Crippen molar-refractivity contribution in [2.24, 2.45) is 0 Å². The SMILES string of the molecule is COc1ccc(CN(C)C(=O)COC(=O)c2ccsc2-n2c(C)ccc2C)cc1. The van der Waals surface area contributed by atoms with E-state index in [9.17, 15) is 9.59 Å². The zero-order valence-electron chi connectivity index (χ0n) is 17.0. The smallest absolute Gasteiger partial charge is 0.341 e. The van der Waals surface area contributed by atoms with Crippen LogP contribution in [0.1, 0.15) is 27.3 Å². The van der Waals surface area contributed by atoms with Gasteiger partial charge < -0.3 is 18.9 Å². The van der Waals surface area contributed by atoms with Gasteiger partial charge in [-0.05, 0) is 55.1 Å². The lowest BCUT2D eigenvalue weighted by molar-refractivity contribution is -0.133. The number of methoxy groups -OCH3 is 1. The Labute approximate surface area is 174 Å². The first-order chi connectivity index (χ1) is 13.9. The average Bonchev–Trinajstić information content (AvgIpc) is 3.32. The molecule has 7 heteroatoms. The van der Waals surface area contributed by atoms with Crippen LogP contribution in [0.2, 0.25) is 0 Å². The van der Waals surface area contributed by atoms with E-state index in [1.165, 1.54) is 16.2 Å². The van der Waals surface area contributed by atoms with Crippen molar-refractivity contribution >= 4 is 23.2 Å². The van der Waals surface area contributed by atoms with Crippen LogP contribution in [0.5, 0.6) is 5.75 Å². The Morgan fingerprint density at radius 1 is 1.03 bits per heavy atom. The summed E-state index contributed by atoms with van der Waals surface area (Å²) in [5.74, 6) is -0.00406. The van der Waals surface area contributed by atoms with E-state index in [-0.39, 0.29) is 12.5 Å². The highest BCUT2D eigenvalue weighted by atomic mass is 32.1. The highest BCUT2D eigenvalue weighted by Crippen LogP contribution is 2.26. The summed E-state index contributed by atoms with van der Waals surface area (Å²) in [7, 11) is 3.29. The van der Waals surface area contributed by atoms with E-state index >= 15 is 0 Å². The molecule has 0 aliphatic carbocycles. The third-order valence-electron chi connectivity index (χ3n) is 4.67. The second-order valence-corrected chi connectivity index (χ2v) is 7.66. The van der Waals surface area contributed by atoms with Crippen LogP contribution in [0.3, 0.4) is 0 Å². The van der Waals surface area contributed by atoms with Gasteiger partial charge in [-0.15, -0.1) is 11.3 Å². The van der Waals surface area contributed by atoms with E-state index in [0.29, 0.717) is 12.1 Å². The van der Waals surface area contributed by atoms with Gasteiger partial charge in [-0.25, -0.2) is 4.79 Å². The van der Waals surface area contributed by atoms with Crippen molar-refractivity contribution in [1.29, 1.82) is 0 Å². The first-order valence-corrected chi connectivity index (χ1v) is 10.1. The molecule has 0 N–H and O–H groups in total. The fourth-order valence-electron chi connectivity index (χ4n) is 3.03. The van der Waals surface area contributed by atoms with Gasteiger partial charge in [0.1, 0.15) is 10.8 Å². The summed E-state index contributed by atoms with van der Waals surface area (Å²) in [6.07, 6.45) is 0. The average molecular weight is 413 g/mol. The molecule has 0 saturated carbocycles. The van der Waals surface area contributed by atoms with E-state index in [1.807, 2.05) is 60.2 Å². The summed E-state index contributed by atoms with van der Waals surface area (Å²) in [5, 5.41) is 2.65. The van der Waals surface area contributed by atoms with Gasteiger partial charge in [0.05, 0.1) is 12.7 Å². The van der Waals surface area contributed by atoms with E-state index < -0.39 is 5.97 Å². The van der Waals surface area contributed by atoms with Gasteiger partial charge >= 0.3 is 5.97 Å². The molecule has 0 bridgehead atoms. The van der Waals surface area contributed by atoms with E-state index in [0.717, 1.165) is 27.7 Å². The maximum absolute atomic E-state index is 12.6. The van der Waals surface area contributed by atoms with Crippen LogP contribution in [0.4, 0.5) is 0 Å². The monoisotopic (exact) mass is 412 g/mol. The van der Waals surface area contributed by atoms with Crippen LogP contribution in [0, 0.1) is 13.8 Å². The molecule has 0 radical (unpaired) electrons. The molecule has 0 unspecified atom stereocenters. The normalized spacial score (nSPS) is 10.6. The number of hydrogen-bond donors (Lipinski definition) is 0. The number of carbonyl (C=O) groups is 2. The highest BCUT2D eigenvalue weighted by Gasteiger charge is 2.20. The summed E-state index contributed by atoms with van der Waals surface area (Å²) in [5.41, 5.74) is 3.50. The number of nitrogens with zero attached hydrogens (tertiary/aromatic N) is 2. The summed E-state index contributed by atoms with van der Waals surface area (Å²) in [6, 6.07) is 13.2. The quantitative estimate of drug-likeness (QED) is 0.551. The number of aromatic nitrogens is 1. The number of thiophene rings is 1. The number of rotatable bonds is 7. The zero-order valence-corrected chi connectivity index (χ0v) is 17.8. The van der Waals surface area contributed by atoms with E-state index in [1.54, 1.807) is 20.2 Å². The van der Waals surface area contributed by atoms with Gasteiger partial charge in [0.15, 0.2) is 6.61 Å². The van der Waals surface area contributed by atoms with Crippen LogP contribution in [0.15, 0.2) is 47.8 Å². The lowest BCUT2D eigenvalue weighted by Crippen LogP contribution is -2.30. The van der Waals surface area contributed by atoms with Crippen molar-refractivity contribution in [3.63, 3.8) is 0 Å². The van der Waals surface area contributed by atoms with Gasteiger partial charge in [0.2, 0.25) is 0 Å². The van der Waals surface area contributed by atoms with Crippen LogP contribution < -0.4 is 4.74 Å². The third kappa shape index (κ3) is 4.68.